The number of aromatic nitrogens is 1. The molecule has 1 rings (SSSR count). The molecular formula is C8H6ClF2NO3. The Morgan fingerprint density at radius 3 is 2.67 bits per heavy atom. The van der Waals surface area contributed by atoms with Crippen molar-refractivity contribution >= 4 is 17.6 Å². The van der Waals surface area contributed by atoms with Gasteiger partial charge in [-0.25, -0.2) is 13.6 Å². The SMILES string of the molecule is COC(=O)c1c(C(F)F)[nH]cc(Cl)c1=O. The number of rotatable bonds is 2. The van der Waals surface area contributed by atoms with Gasteiger partial charge in [0.05, 0.1) is 7.11 Å². The summed E-state index contributed by atoms with van der Waals surface area (Å²) in [7, 11) is 0.984. The summed E-state index contributed by atoms with van der Waals surface area (Å²) in [6, 6.07) is 0. The van der Waals surface area contributed by atoms with E-state index in [0.29, 0.717) is 0 Å². The van der Waals surface area contributed by atoms with Crippen LogP contribution >= 0.6 is 11.6 Å². The van der Waals surface area contributed by atoms with Crippen molar-refractivity contribution in [3.8, 4) is 0 Å². The summed E-state index contributed by atoms with van der Waals surface area (Å²) in [5, 5.41) is -0.347. The van der Waals surface area contributed by atoms with Crippen molar-refractivity contribution in [3.63, 3.8) is 0 Å². The monoisotopic (exact) mass is 237 g/mol. The number of ether oxygens (including phenoxy) is 1. The Balaban J connectivity index is 3.49. The third-order valence-corrected chi connectivity index (χ3v) is 1.96. The molecule has 0 aromatic carbocycles. The first kappa shape index (κ1) is 11.6. The highest BCUT2D eigenvalue weighted by Crippen LogP contribution is 2.20. The molecule has 1 aromatic heterocycles. The number of carbonyl (C=O) groups is 1. The van der Waals surface area contributed by atoms with Crippen LogP contribution in [0, 0.1) is 0 Å². The molecule has 0 saturated carbocycles. The summed E-state index contributed by atoms with van der Waals surface area (Å²) in [5.41, 5.74) is -2.53. The van der Waals surface area contributed by atoms with Crippen molar-refractivity contribution in [1.29, 1.82) is 0 Å². The van der Waals surface area contributed by atoms with Crippen LogP contribution in [0.15, 0.2) is 11.0 Å². The Kier molecular flexibility index (Phi) is 3.41. The average molecular weight is 238 g/mol. The fourth-order valence-corrected chi connectivity index (χ4v) is 1.15. The second-order valence-electron chi connectivity index (χ2n) is 2.55. The lowest BCUT2D eigenvalue weighted by Crippen LogP contribution is -2.21. The normalized spacial score (nSPS) is 10.5. The van der Waals surface area contributed by atoms with Crippen LogP contribution < -0.4 is 5.43 Å². The predicted octanol–water partition coefficient (Wildman–Crippen LogP) is 1.75. The van der Waals surface area contributed by atoms with E-state index in [-0.39, 0.29) is 5.02 Å². The molecule has 7 heteroatoms. The molecule has 82 valence electrons. The van der Waals surface area contributed by atoms with Crippen LogP contribution in [0.4, 0.5) is 8.78 Å². The molecule has 15 heavy (non-hydrogen) atoms. The molecule has 0 aliphatic carbocycles. The zero-order valence-electron chi connectivity index (χ0n) is 7.51. The van der Waals surface area contributed by atoms with Gasteiger partial charge in [-0.3, -0.25) is 4.79 Å². The largest absolute Gasteiger partial charge is 0.465 e. The average Bonchev–Trinajstić information content (AvgIpc) is 2.20. The van der Waals surface area contributed by atoms with Gasteiger partial charge in [0.2, 0.25) is 5.43 Å². The molecule has 0 unspecified atom stereocenters. The second kappa shape index (κ2) is 4.39. The molecule has 1 N–H and O–H groups in total. The second-order valence-corrected chi connectivity index (χ2v) is 2.95. The molecule has 0 atom stereocenters. The van der Waals surface area contributed by atoms with Crippen LogP contribution in [0.5, 0.6) is 0 Å². The Morgan fingerprint density at radius 2 is 2.20 bits per heavy atom. The topological polar surface area (TPSA) is 59.2 Å². The zero-order chi connectivity index (χ0) is 11.6. The highest BCUT2D eigenvalue weighted by atomic mass is 35.5. The minimum atomic E-state index is -2.98. The van der Waals surface area contributed by atoms with Gasteiger partial charge in [0, 0.05) is 6.20 Å². The van der Waals surface area contributed by atoms with E-state index in [2.05, 4.69) is 9.72 Å². The molecule has 0 radical (unpaired) electrons. The lowest BCUT2D eigenvalue weighted by molar-refractivity contribution is 0.0585. The van der Waals surface area contributed by atoms with Gasteiger partial charge in [-0.2, -0.15) is 0 Å². The first-order valence-corrected chi connectivity index (χ1v) is 4.14. The third kappa shape index (κ3) is 2.15. The number of aromatic amines is 1. The maximum atomic E-state index is 12.4. The predicted molar refractivity (Wildman–Crippen MR) is 48.4 cm³/mol. The molecule has 1 heterocycles. The number of hydrogen-bond acceptors (Lipinski definition) is 3. The molecular weight excluding hydrogens is 232 g/mol. The summed E-state index contributed by atoms with van der Waals surface area (Å²) in [4.78, 5) is 24.5. The molecule has 0 saturated heterocycles. The van der Waals surface area contributed by atoms with Crippen LogP contribution in [0.2, 0.25) is 5.02 Å². The Bertz CT molecular complexity index is 444. The molecule has 0 aliphatic rings. The summed E-state index contributed by atoms with van der Waals surface area (Å²) in [5.74, 6) is -1.14. The van der Waals surface area contributed by atoms with Crippen molar-refractivity contribution in [1.82, 2.24) is 4.98 Å². The summed E-state index contributed by atoms with van der Waals surface area (Å²) < 4.78 is 29.0. The third-order valence-electron chi connectivity index (χ3n) is 1.68. The molecule has 0 fully saturated rings. The molecule has 0 spiro atoms. The number of halogens is 3. The van der Waals surface area contributed by atoms with E-state index in [4.69, 9.17) is 11.6 Å². The highest BCUT2D eigenvalue weighted by Gasteiger charge is 2.24. The van der Waals surface area contributed by atoms with Crippen molar-refractivity contribution in [2.45, 2.75) is 6.43 Å². The van der Waals surface area contributed by atoms with Gasteiger partial charge in [0.25, 0.3) is 6.43 Å². The van der Waals surface area contributed by atoms with Gasteiger partial charge in [0.1, 0.15) is 16.3 Å². The fourth-order valence-electron chi connectivity index (χ4n) is 0.997. The Hall–Kier alpha value is -1.43. The van der Waals surface area contributed by atoms with E-state index >= 15 is 0 Å². The summed E-state index contributed by atoms with van der Waals surface area (Å²) >= 11 is 5.40. The van der Waals surface area contributed by atoms with Gasteiger partial charge in [0.15, 0.2) is 0 Å². The molecule has 4 nitrogen and oxygen atoms in total. The van der Waals surface area contributed by atoms with Crippen molar-refractivity contribution in [2.24, 2.45) is 0 Å². The van der Waals surface area contributed by atoms with Crippen LogP contribution in [0.3, 0.4) is 0 Å². The first-order chi connectivity index (χ1) is 6.99. The molecule has 1 aromatic rings. The van der Waals surface area contributed by atoms with E-state index in [0.717, 1.165) is 13.3 Å². The zero-order valence-corrected chi connectivity index (χ0v) is 8.27. The van der Waals surface area contributed by atoms with E-state index in [1.165, 1.54) is 0 Å². The van der Waals surface area contributed by atoms with Gasteiger partial charge < -0.3 is 9.72 Å². The van der Waals surface area contributed by atoms with Gasteiger partial charge in [-0.15, -0.1) is 0 Å². The van der Waals surface area contributed by atoms with E-state index < -0.39 is 29.1 Å². The maximum Gasteiger partial charge on any atom is 0.343 e. The Labute approximate surface area is 87.8 Å². The van der Waals surface area contributed by atoms with Crippen LogP contribution in [-0.2, 0) is 4.74 Å². The lowest BCUT2D eigenvalue weighted by Gasteiger charge is -2.06. The molecule has 0 amide bonds. The fraction of sp³-hybridized carbons (Fsp3) is 0.250. The van der Waals surface area contributed by atoms with Crippen LogP contribution in [0.1, 0.15) is 22.5 Å². The Morgan fingerprint density at radius 1 is 1.60 bits per heavy atom. The quantitative estimate of drug-likeness (QED) is 0.798. The van der Waals surface area contributed by atoms with Crippen molar-refractivity contribution in [3.05, 3.63) is 32.7 Å². The minimum absolute atomic E-state index is 0.347. The number of esters is 1. The number of H-pyrrole nitrogens is 1. The van der Waals surface area contributed by atoms with E-state index in [1.807, 2.05) is 0 Å². The number of nitrogens with one attached hydrogen (secondary N) is 1. The van der Waals surface area contributed by atoms with Gasteiger partial charge in [-0.05, 0) is 0 Å². The maximum absolute atomic E-state index is 12.4. The number of pyridine rings is 1. The molecule has 0 bridgehead atoms. The number of methoxy groups -OCH3 is 1. The lowest BCUT2D eigenvalue weighted by atomic mass is 10.2. The molecule has 0 aliphatic heterocycles. The first-order valence-electron chi connectivity index (χ1n) is 3.76. The van der Waals surface area contributed by atoms with Crippen molar-refractivity contribution in [2.75, 3.05) is 7.11 Å². The standard InChI is InChI=1S/C8H6ClF2NO3/c1-15-8(14)4-5(7(10)11)12-2-3(9)6(4)13/h2,7H,1H3,(H,12,13). The minimum Gasteiger partial charge on any atom is -0.465 e. The van der Waals surface area contributed by atoms with Crippen LogP contribution in [0.25, 0.3) is 0 Å². The summed E-state index contributed by atoms with van der Waals surface area (Å²) in [6.45, 7) is 0. The van der Waals surface area contributed by atoms with E-state index in [9.17, 15) is 18.4 Å². The van der Waals surface area contributed by atoms with Crippen molar-refractivity contribution < 1.29 is 18.3 Å². The number of hydrogen-bond donors (Lipinski definition) is 1. The highest BCUT2D eigenvalue weighted by molar-refractivity contribution is 6.30. The van der Waals surface area contributed by atoms with Gasteiger partial charge >= 0.3 is 5.97 Å². The van der Waals surface area contributed by atoms with Crippen LogP contribution in [-0.4, -0.2) is 18.1 Å². The number of alkyl halides is 2. The number of carbonyl (C=O) groups excluding carboxylic acids is 1. The van der Waals surface area contributed by atoms with E-state index in [1.54, 1.807) is 0 Å². The summed E-state index contributed by atoms with van der Waals surface area (Å²) in [6.07, 6.45) is -2.08. The smallest absolute Gasteiger partial charge is 0.343 e. The van der Waals surface area contributed by atoms with Gasteiger partial charge in [-0.1, -0.05) is 11.6 Å².